The minimum atomic E-state index is -3.33. The number of carbonyl (C=O) groups is 1. The van der Waals surface area contributed by atoms with Gasteiger partial charge < -0.3 is 9.47 Å². The van der Waals surface area contributed by atoms with Crippen LogP contribution in [0.3, 0.4) is 0 Å². The summed E-state index contributed by atoms with van der Waals surface area (Å²) in [5.74, 6) is 0.587. The zero-order valence-electron chi connectivity index (χ0n) is 20.1. The highest BCUT2D eigenvalue weighted by Crippen LogP contribution is 2.31. The van der Waals surface area contributed by atoms with Crippen LogP contribution in [0, 0.1) is 0 Å². The van der Waals surface area contributed by atoms with Crippen LogP contribution in [-0.4, -0.2) is 76.5 Å². The Balaban J connectivity index is 1.59. The normalized spacial score (nSPS) is 14.8. The van der Waals surface area contributed by atoms with Crippen LogP contribution in [-0.2, 0) is 14.6 Å². The number of thiazole rings is 1. The van der Waals surface area contributed by atoms with E-state index in [1.165, 1.54) is 17.6 Å². The van der Waals surface area contributed by atoms with Gasteiger partial charge in [-0.15, -0.1) is 0 Å². The Bertz CT molecular complexity index is 1250. The molecule has 3 aromatic rings. The fourth-order valence-corrected chi connectivity index (χ4v) is 5.52. The van der Waals surface area contributed by atoms with Gasteiger partial charge in [-0.05, 0) is 48.9 Å². The Kier molecular flexibility index (Phi) is 8.38. The molecule has 2 aromatic carbocycles. The number of sulfone groups is 1. The number of unbranched alkanes of at least 4 members (excludes halogenated alkanes) is 1. The predicted molar refractivity (Wildman–Crippen MR) is 139 cm³/mol. The molecule has 0 saturated carbocycles. The van der Waals surface area contributed by atoms with Gasteiger partial charge in [0, 0.05) is 38.0 Å². The van der Waals surface area contributed by atoms with E-state index in [1.807, 2.05) is 12.1 Å². The van der Waals surface area contributed by atoms with Gasteiger partial charge in [-0.25, -0.2) is 13.4 Å². The first-order chi connectivity index (χ1) is 16.8. The van der Waals surface area contributed by atoms with Gasteiger partial charge >= 0.3 is 0 Å². The van der Waals surface area contributed by atoms with Crippen molar-refractivity contribution >= 4 is 42.4 Å². The van der Waals surface area contributed by atoms with E-state index in [4.69, 9.17) is 9.47 Å². The maximum Gasteiger partial charge on any atom is 0.260 e. The Morgan fingerprint density at radius 2 is 1.91 bits per heavy atom. The summed E-state index contributed by atoms with van der Waals surface area (Å²) in [5.41, 5.74) is 1.21. The van der Waals surface area contributed by atoms with Crippen molar-refractivity contribution < 1.29 is 22.7 Å². The Hall–Kier alpha value is -2.53. The number of rotatable bonds is 10. The lowest BCUT2D eigenvalue weighted by Crippen LogP contribution is -2.43. The van der Waals surface area contributed by atoms with Gasteiger partial charge in [0.2, 0.25) is 0 Å². The average Bonchev–Trinajstić information content (AvgIpc) is 3.28. The number of hydrogen-bond acceptors (Lipinski definition) is 8. The number of anilines is 1. The maximum atomic E-state index is 13.6. The number of carbonyl (C=O) groups excluding carboxylic acids is 1. The van der Waals surface area contributed by atoms with Crippen LogP contribution in [0.2, 0.25) is 0 Å². The van der Waals surface area contributed by atoms with E-state index in [1.54, 1.807) is 35.2 Å². The van der Waals surface area contributed by atoms with E-state index in [0.717, 1.165) is 36.4 Å². The lowest BCUT2D eigenvalue weighted by atomic mass is 10.2. The molecule has 1 amide bonds. The summed E-state index contributed by atoms with van der Waals surface area (Å²) >= 11 is 1.32. The van der Waals surface area contributed by atoms with E-state index >= 15 is 0 Å². The molecule has 0 N–H and O–H groups in total. The van der Waals surface area contributed by atoms with Crippen molar-refractivity contribution in [3.05, 3.63) is 48.0 Å². The molecule has 1 aliphatic heterocycles. The van der Waals surface area contributed by atoms with Crippen molar-refractivity contribution in [1.29, 1.82) is 0 Å². The topological polar surface area (TPSA) is 89.0 Å². The Labute approximate surface area is 210 Å². The molecule has 35 heavy (non-hydrogen) atoms. The van der Waals surface area contributed by atoms with Gasteiger partial charge in [0.1, 0.15) is 5.75 Å². The molecule has 1 aliphatic rings. The first kappa shape index (κ1) is 25.6. The number of ether oxygens (including phenoxy) is 2. The van der Waals surface area contributed by atoms with Gasteiger partial charge in [0.15, 0.2) is 15.0 Å². The molecule has 0 unspecified atom stereocenters. The fraction of sp³-hybridized carbons (Fsp3) is 0.440. The van der Waals surface area contributed by atoms with Gasteiger partial charge in [0.25, 0.3) is 5.91 Å². The molecule has 8 nitrogen and oxygen atoms in total. The van der Waals surface area contributed by atoms with E-state index < -0.39 is 9.84 Å². The second kappa shape index (κ2) is 11.5. The van der Waals surface area contributed by atoms with Crippen LogP contribution in [0.25, 0.3) is 10.2 Å². The van der Waals surface area contributed by atoms with Crippen molar-refractivity contribution in [3.8, 4) is 5.75 Å². The van der Waals surface area contributed by atoms with Gasteiger partial charge in [0.05, 0.1) is 34.9 Å². The molecule has 1 fully saturated rings. The van der Waals surface area contributed by atoms with Crippen LogP contribution < -0.4 is 9.64 Å². The molecular formula is C25H31N3O5S2. The largest absolute Gasteiger partial charge is 0.494 e. The lowest BCUT2D eigenvalue weighted by molar-refractivity contribution is 0.0391. The molecule has 188 valence electrons. The molecule has 0 bridgehead atoms. The van der Waals surface area contributed by atoms with Crippen LogP contribution >= 0.6 is 11.3 Å². The zero-order valence-corrected chi connectivity index (χ0v) is 21.7. The molecule has 0 radical (unpaired) electrons. The van der Waals surface area contributed by atoms with Gasteiger partial charge in [-0.2, -0.15) is 0 Å². The van der Waals surface area contributed by atoms with Gasteiger partial charge in [-0.3, -0.25) is 14.6 Å². The third kappa shape index (κ3) is 6.58. The average molecular weight is 518 g/mol. The molecule has 2 heterocycles. The zero-order chi connectivity index (χ0) is 24.8. The number of nitrogens with zero attached hydrogens (tertiary/aromatic N) is 3. The third-order valence-corrected chi connectivity index (χ3v) is 8.02. The summed E-state index contributed by atoms with van der Waals surface area (Å²) in [5, 5.41) is 0.548. The Morgan fingerprint density at radius 3 is 2.60 bits per heavy atom. The summed E-state index contributed by atoms with van der Waals surface area (Å²) in [6, 6.07) is 12.1. The minimum Gasteiger partial charge on any atom is -0.494 e. The lowest BCUT2D eigenvalue weighted by Gasteiger charge is -2.29. The summed E-state index contributed by atoms with van der Waals surface area (Å²) in [7, 11) is -3.33. The van der Waals surface area contributed by atoms with Crippen LogP contribution in [0.1, 0.15) is 30.1 Å². The highest BCUT2D eigenvalue weighted by molar-refractivity contribution is 7.90. The summed E-state index contributed by atoms with van der Waals surface area (Å²) in [6.07, 6.45) is 3.22. The highest BCUT2D eigenvalue weighted by Gasteiger charge is 2.23. The molecule has 4 rings (SSSR count). The molecule has 1 saturated heterocycles. The maximum absolute atomic E-state index is 13.6. The quantitative estimate of drug-likeness (QED) is 0.377. The molecule has 0 aliphatic carbocycles. The minimum absolute atomic E-state index is 0.152. The van der Waals surface area contributed by atoms with Crippen LogP contribution in [0.5, 0.6) is 5.75 Å². The van der Waals surface area contributed by atoms with E-state index in [9.17, 15) is 13.2 Å². The summed E-state index contributed by atoms with van der Waals surface area (Å²) in [6.45, 7) is 6.93. The molecule has 1 aromatic heterocycles. The van der Waals surface area contributed by atoms with Crippen molar-refractivity contribution in [3.63, 3.8) is 0 Å². The Morgan fingerprint density at radius 1 is 1.17 bits per heavy atom. The van der Waals surface area contributed by atoms with E-state index in [2.05, 4.69) is 16.8 Å². The SMILES string of the molecule is CCCCOc1ccc(C(=O)N(CCN2CCOCC2)c2nc3ccc(S(C)(=O)=O)cc3s2)cc1. The second-order valence-electron chi connectivity index (χ2n) is 8.54. The first-order valence-corrected chi connectivity index (χ1v) is 14.5. The number of aromatic nitrogens is 1. The number of morpholine rings is 1. The smallest absolute Gasteiger partial charge is 0.260 e. The van der Waals surface area contributed by atoms with E-state index in [-0.39, 0.29) is 10.8 Å². The molecule has 0 spiro atoms. The van der Waals surface area contributed by atoms with Crippen LogP contribution in [0.15, 0.2) is 47.4 Å². The first-order valence-electron chi connectivity index (χ1n) is 11.8. The number of amides is 1. The molecular weight excluding hydrogens is 486 g/mol. The van der Waals surface area contributed by atoms with Crippen LogP contribution in [0.4, 0.5) is 5.13 Å². The molecule has 0 atom stereocenters. The standard InChI is InChI=1S/C25H31N3O5S2/c1-3-4-15-33-20-7-5-19(6-8-20)24(29)28(12-11-27-13-16-32-17-14-27)25-26-22-10-9-21(35(2,30)31)18-23(22)34-25/h5-10,18H,3-4,11-17H2,1-2H3. The third-order valence-electron chi connectivity index (χ3n) is 5.86. The molecule has 10 heteroatoms. The second-order valence-corrected chi connectivity index (χ2v) is 11.6. The van der Waals surface area contributed by atoms with Gasteiger partial charge in [-0.1, -0.05) is 24.7 Å². The number of fused-ring (bicyclic) bond motifs is 1. The fourth-order valence-electron chi connectivity index (χ4n) is 3.77. The van der Waals surface area contributed by atoms with E-state index in [0.29, 0.717) is 49.1 Å². The highest BCUT2D eigenvalue weighted by atomic mass is 32.2. The van der Waals surface area contributed by atoms with Crippen molar-refractivity contribution in [2.45, 2.75) is 24.7 Å². The summed E-state index contributed by atoms with van der Waals surface area (Å²) < 4.78 is 35.9. The van der Waals surface area contributed by atoms with Crippen molar-refractivity contribution in [2.75, 3.05) is 57.2 Å². The monoisotopic (exact) mass is 517 g/mol. The van der Waals surface area contributed by atoms with Crippen molar-refractivity contribution in [2.24, 2.45) is 0 Å². The number of benzene rings is 2. The number of hydrogen-bond donors (Lipinski definition) is 0. The predicted octanol–water partition coefficient (Wildman–Crippen LogP) is 3.86. The summed E-state index contributed by atoms with van der Waals surface area (Å²) in [4.78, 5) is 22.5. The van der Waals surface area contributed by atoms with Crippen molar-refractivity contribution in [1.82, 2.24) is 9.88 Å².